The van der Waals surface area contributed by atoms with Crippen LogP contribution in [0.1, 0.15) is 26.3 Å². The number of rotatable bonds is 4. The summed E-state index contributed by atoms with van der Waals surface area (Å²) in [7, 11) is 0.876. The number of alkyl halides is 3. The molecule has 0 atom stereocenters. The van der Waals surface area contributed by atoms with E-state index in [2.05, 4.69) is 10.1 Å². The minimum absolute atomic E-state index is 0.0271. The van der Waals surface area contributed by atoms with Crippen molar-refractivity contribution in [2.24, 2.45) is 0 Å². The van der Waals surface area contributed by atoms with Crippen LogP contribution in [0.3, 0.4) is 0 Å². The molecule has 9 heteroatoms. The van der Waals surface area contributed by atoms with Crippen LogP contribution in [0.4, 0.5) is 33.3 Å². The first-order valence-electron chi connectivity index (χ1n) is 6.68. The molecule has 0 aliphatic rings. The third-order valence-corrected chi connectivity index (χ3v) is 3.25. The first-order valence-corrected chi connectivity index (χ1v) is 6.68. The van der Waals surface area contributed by atoms with E-state index in [1.54, 1.807) is 0 Å². The van der Waals surface area contributed by atoms with Crippen molar-refractivity contribution in [3.8, 4) is 0 Å². The Hall–Kier alpha value is -2.97. The Morgan fingerprint density at radius 2 is 1.76 bits per heavy atom. The van der Waals surface area contributed by atoms with Crippen LogP contribution >= 0.6 is 0 Å². The molecule has 4 nitrogen and oxygen atoms in total. The number of carbonyl (C=O) groups is 2. The molecule has 0 spiro atoms. The number of anilines is 2. The van der Waals surface area contributed by atoms with Crippen molar-refractivity contribution in [2.75, 3.05) is 12.4 Å². The van der Waals surface area contributed by atoms with Crippen molar-refractivity contribution < 1.29 is 36.3 Å². The fraction of sp³-hybridized carbons (Fsp3) is 0.125. The monoisotopic (exact) mass is 359 g/mol. The Labute approximate surface area is 138 Å². The Kier molecular flexibility index (Phi) is 5.05. The number of esters is 1. The summed E-state index contributed by atoms with van der Waals surface area (Å²) in [5, 5.41) is 2.45. The lowest BCUT2D eigenvalue weighted by molar-refractivity contribution is -0.140. The van der Waals surface area contributed by atoms with Gasteiger partial charge in [0.1, 0.15) is 11.4 Å². The maximum Gasteiger partial charge on any atom is 0.419 e. The van der Waals surface area contributed by atoms with Gasteiger partial charge in [-0.25, -0.2) is 13.6 Å². The van der Waals surface area contributed by atoms with Gasteiger partial charge in [0.15, 0.2) is 12.1 Å². The van der Waals surface area contributed by atoms with Crippen molar-refractivity contribution in [2.45, 2.75) is 6.18 Å². The molecule has 0 saturated carbocycles. The highest BCUT2D eigenvalue weighted by Crippen LogP contribution is 2.36. The lowest BCUT2D eigenvalue weighted by Gasteiger charge is -2.16. The lowest BCUT2D eigenvalue weighted by atomic mass is 10.1. The second kappa shape index (κ2) is 6.88. The molecule has 2 rings (SSSR count). The molecule has 0 aliphatic heterocycles. The lowest BCUT2D eigenvalue weighted by Crippen LogP contribution is -2.15. The average molecular weight is 359 g/mol. The molecule has 0 amide bonds. The number of hydrogen-bond donors (Lipinski definition) is 1. The maximum atomic E-state index is 14.2. The maximum absolute atomic E-state index is 14.2. The van der Waals surface area contributed by atoms with E-state index in [1.165, 1.54) is 0 Å². The molecule has 0 unspecified atom stereocenters. The topological polar surface area (TPSA) is 55.4 Å². The summed E-state index contributed by atoms with van der Waals surface area (Å²) in [6.07, 6.45) is -4.72. The van der Waals surface area contributed by atoms with Crippen LogP contribution in [0.5, 0.6) is 0 Å². The van der Waals surface area contributed by atoms with Gasteiger partial charge in [0.05, 0.1) is 18.4 Å². The Morgan fingerprint density at radius 1 is 1.12 bits per heavy atom. The predicted octanol–water partition coefficient (Wildman–Crippen LogP) is 4.33. The summed E-state index contributed by atoms with van der Waals surface area (Å²) in [5.74, 6) is -3.89. The first-order chi connectivity index (χ1) is 11.7. The van der Waals surface area contributed by atoms with Gasteiger partial charge < -0.3 is 10.1 Å². The largest absolute Gasteiger partial charge is 0.465 e. The summed E-state index contributed by atoms with van der Waals surface area (Å²) in [4.78, 5) is 22.7. The van der Waals surface area contributed by atoms with Crippen molar-refractivity contribution in [3.63, 3.8) is 0 Å². The highest BCUT2D eigenvalue weighted by Gasteiger charge is 2.37. The quantitative estimate of drug-likeness (QED) is 0.502. The van der Waals surface area contributed by atoms with Crippen molar-refractivity contribution in [1.82, 2.24) is 0 Å². The van der Waals surface area contributed by atoms with E-state index >= 15 is 0 Å². The summed E-state index contributed by atoms with van der Waals surface area (Å²) in [6.45, 7) is 0. The molecular weight excluding hydrogens is 349 g/mol. The molecule has 0 saturated heterocycles. The van der Waals surface area contributed by atoms with E-state index in [9.17, 15) is 31.5 Å². The van der Waals surface area contributed by atoms with Crippen LogP contribution in [0.2, 0.25) is 0 Å². The SMILES string of the molecule is COC(=O)c1c(Nc2ccc(F)cc2C=O)ccc(C(F)(F)F)c1F. The van der Waals surface area contributed by atoms with Crippen molar-refractivity contribution in [1.29, 1.82) is 0 Å². The fourth-order valence-electron chi connectivity index (χ4n) is 2.09. The highest BCUT2D eigenvalue weighted by molar-refractivity contribution is 5.98. The number of carbonyl (C=O) groups excluding carboxylic acids is 2. The Morgan fingerprint density at radius 3 is 2.32 bits per heavy atom. The van der Waals surface area contributed by atoms with Gasteiger partial charge in [-0.15, -0.1) is 0 Å². The van der Waals surface area contributed by atoms with Crippen LogP contribution in [0.15, 0.2) is 30.3 Å². The Bertz CT molecular complexity index is 833. The Balaban J connectivity index is 2.60. The molecule has 25 heavy (non-hydrogen) atoms. The van der Waals surface area contributed by atoms with Gasteiger partial charge in [0.25, 0.3) is 0 Å². The van der Waals surface area contributed by atoms with Gasteiger partial charge >= 0.3 is 12.1 Å². The van der Waals surface area contributed by atoms with Crippen LogP contribution in [-0.4, -0.2) is 19.4 Å². The number of halogens is 5. The second-order valence-corrected chi connectivity index (χ2v) is 4.81. The van der Waals surface area contributed by atoms with E-state index in [4.69, 9.17) is 0 Å². The molecule has 0 aliphatic carbocycles. The number of aldehydes is 1. The molecule has 2 aromatic carbocycles. The van der Waals surface area contributed by atoms with Crippen LogP contribution in [-0.2, 0) is 10.9 Å². The number of methoxy groups -OCH3 is 1. The third-order valence-electron chi connectivity index (χ3n) is 3.25. The summed E-state index contributed by atoms with van der Waals surface area (Å²) in [6, 6.07) is 4.22. The van der Waals surface area contributed by atoms with Crippen LogP contribution < -0.4 is 5.32 Å². The van der Waals surface area contributed by atoms with E-state index in [1.807, 2.05) is 0 Å². The van der Waals surface area contributed by atoms with E-state index in [0.717, 1.165) is 31.4 Å². The minimum atomic E-state index is -5.02. The van der Waals surface area contributed by atoms with Gasteiger partial charge in [-0.2, -0.15) is 13.2 Å². The highest BCUT2D eigenvalue weighted by atomic mass is 19.4. The summed E-state index contributed by atoms with van der Waals surface area (Å²) >= 11 is 0. The van der Waals surface area contributed by atoms with E-state index in [0.29, 0.717) is 12.4 Å². The number of nitrogens with one attached hydrogen (secondary N) is 1. The minimum Gasteiger partial charge on any atom is -0.465 e. The van der Waals surface area contributed by atoms with Gasteiger partial charge in [0, 0.05) is 11.3 Å². The average Bonchev–Trinajstić information content (AvgIpc) is 2.54. The zero-order chi connectivity index (χ0) is 18.8. The molecule has 132 valence electrons. The number of benzene rings is 2. The third kappa shape index (κ3) is 3.76. The van der Waals surface area contributed by atoms with E-state index < -0.39 is 34.9 Å². The molecule has 0 heterocycles. The molecule has 0 bridgehead atoms. The van der Waals surface area contributed by atoms with Crippen LogP contribution in [0.25, 0.3) is 0 Å². The van der Waals surface area contributed by atoms with Crippen molar-refractivity contribution >= 4 is 23.6 Å². The molecular formula is C16H10F5NO3. The van der Waals surface area contributed by atoms with Crippen LogP contribution in [0, 0.1) is 11.6 Å². The number of hydrogen-bond acceptors (Lipinski definition) is 4. The number of ether oxygens (including phenoxy) is 1. The van der Waals surface area contributed by atoms with Gasteiger partial charge in [-0.3, -0.25) is 4.79 Å². The fourth-order valence-corrected chi connectivity index (χ4v) is 2.09. The summed E-state index contributed by atoms with van der Waals surface area (Å²) < 4.78 is 70.1. The van der Waals surface area contributed by atoms with Crippen molar-refractivity contribution in [3.05, 3.63) is 58.7 Å². The van der Waals surface area contributed by atoms with Gasteiger partial charge in [-0.05, 0) is 30.3 Å². The second-order valence-electron chi connectivity index (χ2n) is 4.81. The molecule has 2 aromatic rings. The van der Waals surface area contributed by atoms with Gasteiger partial charge in [0.2, 0.25) is 0 Å². The molecule has 0 radical (unpaired) electrons. The molecule has 1 N–H and O–H groups in total. The zero-order valence-corrected chi connectivity index (χ0v) is 12.6. The summed E-state index contributed by atoms with van der Waals surface area (Å²) in [5.41, 5.74) is -3.20. The van der Waals surface area contributed by atoms with E-state index in [-0.39, 0.29) is 16.9 Å². The molecule has 0 fully saturated rings. The standard InChI is InChI=1S/C16H10F5NO3/c1-25-15(24)13-12(5-3-10(14(13)18)16(19,20)21)22-11-4-2-9(17)6-8(11)7-23/h2-7,22H,1H3. The smallest absolute Gasteiger partial charge is 0.419 e. The zero-order valence-electron chi connectivity index (χ0n) is 12.6. The predicted molar refractivity (Wildman–Crippen MR) is 77.8 cm³/mol. The van der Waals surface area contributed by atoms with Gasteiger partial charge in [-0.1, -0.05) is 0 Å². The first kappa shape index (κ1) is 18.4. The molecule has 0 aromatic heterocycles. The normalized spacial score (nSPS) is 11.1.